The van der Waals surface area contributed by atoms with Crippen LogP contribution in [0.1, 0.15) is 66.9 Å². The molecule has 0 saturated heterocycles. The van der Waals surface area contributed by atoms with Crippen LogP contribution in [0, 0.1) is 0 Å². The van der Waals surface area contributed by atoms with Gasteiger partial charge in [0, 0.05) is 23.2 Å². The smallest absolute Gasteiger partial charge is 0.295 e. The summed E-state index contributed by atoms with van der Waals surface area (Å²) in [6.07, 6.45) is 0. The third-order valence-electron chi connectivity index (χ3n) is 5.57. The summed E-state index contributed by atoms with van der Waals surface area (Å²) >= 11 is 0. The molecular weight excluding hydrogens is 400 g/mol. The molecule has 0 bridgehead atoms. The van der Waals surface area contributed by atoms with Crippen LogP contribution in [0.4, 0.5) is 0 Å². The number of amides is 2. The molecule has 0 aliphatic carbocycles. The average molecular weight is 431 g/mol. The average Bonchev–Trinajstić information content (AvgIpc) is 2.77. The first-order valence-corrected chi connectivity index (χ1v) is 11.0. The van der Waals surface area contributed by atoms with Gasteiger partial charge in [-0.25, -0.2) is 0 Å². The summed E-state index contributed by atoms with van der Waals surface area (Å²) in [7, 11) is 0. The number of carbonyl (C=O) groups is 3. The Morgan fingerprint density at radius 2 is 1.28 bits per heavy atom. The Balaban J connectivity index is 1.70. The van der Waals surface area contributed by atoms with Crippen LogP contribution in [0.3, 0.4) is 0 Å². The van der Waals surface area contributed by atoms with Gasteiger partial charge in [0.15, 0.2) is 0 Å². The largest absolute Gasteiger partial charge is 0.346 e. The van der Waals surface area contributed by atoms with E-state index in [-0.39, 0.29) is 29.6 Å². The van der Waals surface area contributed by atoms with E-state index >= 15 is 0 Å². The highest BCUT2D eigenvalue weighted by Gasteiger charge is 2.27. The number of fused-ring (bicyclic) bond motifs is 1. The molecule has 5 nitrogen and oxygen atoms in total. The molecule has 0 fully saturated rings. The predicted octanol–water partition coefficient (Wildman–Crippen LogP) is 5.16. The second-order valence-corrected chi connectivity index (χ2v) is 8.61. The monoisotopic (exact) mass is 430 g/mol. The summed E-state index contributed by atoms with van der Waals surface area (Å²) in [6, 6.07) is 20.1. The van der Waals surface area contributed by atoms with Crippen LogP contribution in [0.5, 0.6) is 0 Å². The summed E-state index contributed by atoms with van der Waals surface area (Å²) in [5.74, 6) is -1.33. The molecule has 3 rings (SSSR count). The highest BCUT2D eigenvalue weighted by Crippen LogP contribution is 2.21. The summed E-state index contributed by atoms with van der Waals surface area (Å²) in [6.45, 7) is 9.47. The first-order chi connectivity index (χ1) is 15.2. The van der Waals surface area contributed by atoms with Crippen molar-refractivity contribution < 1.29 is 14.4 Å². The number of benzene rings is 3. The van der Waals surface area contributed by atoms with Crippen LogP contribution in [-0.4, -0.2) is 34.6 Å². The SMILES string of the molecule is CC(C)N(C(=O)C(=O)c1ccc(C(=O)N[C@H](C)c2ccc3ccccc3c2)cc1)C(C)C. The van der Waals surface area contributed by atoms with E-state index in [9.17, 15) is 14.4 Å². The van der Waals surface area contributed by atoms with Crippen molar-refractivity contribution >= 4 is 28.4 Å². The van der Waals surface area contributed by atoms with Gasteiger partial charge < -0.3 is 10.2 Å². The molecule has 0 radical (unpaired) electrons. The second kappa shape index (κ2) is 9.77. The molecule has 0 aliphatic rings. The van der Waals surface area contributed by atoms with Gasteiger partial charge in [0.05, 0.1) is 6.04 Å². The van der Waals surface area contributed by atoms with Crippen LogP contribution < -0.4 is 5.32 Å². The molecule has 1 N–H and O–H groups in total. The van der Waals surface area contributed by atoms with Crippen molar-refractivity contribution in [1.82, 2.24) is 10.2 Å². The van der Waals surface area contributed by atoms with E-state index in [4.69, 9.17) is 0 Å². The molecule has 2 amide bonds. The van der Waals surface area contributed by atoms with Gasteiger partial charge in [-0.1, -0.05) is 48.5 Å². The number of rotatable bonds is 7. The Labute approximate surface area is 189 Å². The fourth-order valence-electron chi connectivity index (χ4n) is 3.92. The van der Waals surface area contributed by atoms with Gasteiger partial charge in [-0.2, -0.15) is 0 Å². The molecule has 1 atom stereocenters. The molecule has 3 aromatic rings. The number of hydrogen-bond donors (Lipinski definition) is 1. The third kappa shape index (κ3) is 5.05. The zero-order chi connectivity index (χ0) is 23.4. The summed E-state index contributed by atoms with van der Waals surface area (Å²) in [4.78, 5) is 39.6. The molecule has 0 heterocycles. The molecular formula is C27H30N2O3. The maximum absolute atomic E-state index is 12.7. The first-order valence-electron chi connectivity index (χ1n) is 11.0. The van der Waals surface area contributed by atoms with Crippen molar-refractivity contribution in [3.8, 4) is 0 Å². The Kier molecular flexibility index (Phi) is 7.08. The lowest BCUT2D eigenvalue weighted by Crippen LogP contribution is -2.45. The zero-order valence-corrected chi connectivity index (χ0v) is 19.3. The predicted molar refractivity (Wildman–Crippen MR) is 128 cm³/mol. The lowest BCUT2D eigenvalue weighted by atomic mass is 10.0. The van der Waals surface area contributed by atoms with Crippen molar-refractivity contribution in [2.24, 2.45) is 0 Å². The van der Waals surface area contributed by atoms with Crippen molar-refractivity contribution in [3.05, 3.63) is 83.4 Å². The van der Waals surface area contributed by atoms with Gasteiger partial charge in [-0.15, -0.1) is 0 Å². The van der Waals surface area contributed by atoms with Crippen LogP contribution in [0.25, 0.3) is 10.8 Å². The Morgan fingerprint density at radius 1 is 0.719 bits per heavy atom. The van der Waals surface area contributed by atoms with Gasteiger partial charge in [0.2, 0.25) is 5.78 Å². The Bertz CT molecular complexity index is 1130. The number of nitrogens with one attached hydrogen (secondary N) is 1. The standard InChI is InChI=1S/C27H30N2O3/c1-17(2)29(18(3)4)27(32)25(30)21-11-13-22(14-12-21)26(31)28-19(5)23-15-10-20-8-6-7-9-24(20)16-23/h6-19H,1-5H3,(H,28,31)/t19-/m1/s1. The molecule has 0 unspecified atom stereocenters. The van der Waals surface area contributed by atoms with Crippen molar-refractivity contribution in [2.75, 3.05) is 0 Å². The Morgan fingerprint density at radius 3 is 1.88 bits per heavy atom. The van der Waals surface area contributed by atoms with Crippen molar-refractivity contribution in [1.29, 1.82) is 0 Å². The van der Waals surface area contributed by atoms with E-state index in [0.29, 0.717) is 5.56 Å². The highest BCUT2D eigenvalue weighted by atomic mass is 16.2. The van der Waals surface area contributed by atoms with Crippen LogP contribution in [0.15, 0.2) is 66.7 Å². The van der Waals surface area contributed by atoms with Gasteiger partial charge in [0.25, 0.3) is 11.8 Å². The molecule has 32 heavy (non-hydrogen) atoms. The topological polar surface area (TPSA) is 66.5 Å². The molecule has 166 valence electrons. The van der Waals surface area contributed by atoms with Crippen LogP contribution >= 0.6 is 0 Å². The normalized spacial score (nSPS) is 12.1. The van der Waals surface area contributed by atoms with E-state index < -0.39 is 11.7 Å². The maximum atomic E-state index is 12.7. The highest BCUT2D eigenvalue weighted by molar-refractivity contribution is 6.42. The maximum Gasteiger partial charge on any atom is 0.295 e. The molecule has 3 aromatic carbocycles. The number of carbonyl (C=O) groups excluding carboxylic acids is 3. The summed E-state index contributed by atoms with van der Waals surface area (Å²) < 4.78 is 0. The lowest BCUT2D eigenvalue weighted by molar-refractivity contribution is -0.129. The first kappa shape index (κ1) is 23.2. The number of Topliss-reactive ketones (excluding diaryl/α,β-unsaturated/α-hetero) is 1. The second-order valence-electron chi connectivity index (χ2n) is 8.61. The van der Waals surface area contributed by atoms with Crippen LogP contribution in [-0.2, 0) is 4.79 Å². The van der Waals surface area contributed by atoms with Crippen molar-refractivity contribution in [2.45, 2.75) is 52.7 Å². The zero-order valence-electron chi connectivity index (χ0n) is 19.3. The summed E-state index contributed by atoms with van der Waals surface area (Å²) in [5.41, 5.74) is 1.73. The minimum atomic E-state index is -0.566. The third-order valence-corrected chi connectivity index (χ3v) is 5.57. The minimum absolute atomic E-state index is 0.0758. The van der Waals surface area contributed by atoms with E-state index in [1.807, 2.05) is 65.0 Å². The van der Waals surface area contributed by atoms with Gasteiger partial charge >= 0.3 is 0 Å². The van der Waals surface area contributed by atoms with Crippen LogP contribution in [0.2, 0.25) is 0 Å². The lowest BCUT2D eigenvalue weighted by Gasteiger charge is -2.30. The fourth-order valence-corrected chi connectivity index (χ4v) is 3.92. The molecule has 0 spiro atoms. The van der Waals surface area contributed by atoms with E-state index in [1.165, 1.54) is 12.1 Å². The van der Waals surface area contributed by atoms with Gasteiger partial charge in [0.1, 0.15) is 0 Å². The number of ketones is 1. The van der Waals surface area contributed by atoms with E-state index in [1.54, 1.807) is 17.0 Å². The molecule has 0 saturated carbocycles. The van der Waals surface area contributed by atoms with E-state index in [2.05, 4.69) is 17.4 Å². The minimum Gasteiger partial charge on any atom is -0.346 e. The van der Waals surface area contributed by atoms with E-state index in [0.717, 1.165) is 16.3 Å². The Hall–Kier alpha value is -3.47. The van der Waals surface area contributed by atoms with Crippen molar-refractivity contribution in [3.63, 3.8) is 0 Å². The molecule has 0 aromatic heterocycles. The van der Waals surface area contributed by atoms with Gasteiger partial charge in [-0.3, -0.25) is 14.4 Å². The number of nitrogens with zero attached hydrogens (tertiary/aromatic N) is 1. The summed E-state index contributed by atoms with van der Waals surface area (Å²) in [5, 5.41) is 5.27. The molecule has 0 aliphatic heterocycles. The number of hydrogen-bond acceptors (Lipinski definition) is 3. The quantitative estimate of drug-likeness (QED) is 0.416. The van der Waals surface area contributed by atoms with Gasteiger partial charge in [-0.05, 0) is 69.2 Å². The molecule has 5 heteroatoms. The fraction of sp³-hybridized carbons (Fsp3) is 0.296.